The van der Waals surface area contributed by atoms with Gasteiger partial charge in [-0.05, 0) is 61.6 Å². The molecule has 0 atom stereocenters. The largest absolute Gasteiger partial charge is 0.506 e. The summed E-state index contributed by atoms with van der Waals surface area (Å²) in [5, 5.41) is 15.5. The highest BCUT2D eigenvalue weighted by Gasteiger charge is 2.17. The highest BCUT2D eigenvalue weighted by Crippen LogP contribution is 2.30. The predicted octanol–water partition coefficient (Wildman–Crippen LogP) is 5.22. The fraction of sp³-hybridized carbons (Fsp3) is 0.391. The van der Waals surface area contributed by atoms with E-state index in [0.29, 0.717) is 11.4 Å². The number of hydrogen-bond acceptors (Lipinski definition) is 4. The van der Waals surface area contributed by atoms with Crippen molar-refractivity contribution in [1.82, 2.24) is 0 Å². The minimum absolute atomic E-state index is 0.0308. The molecule has 0 aliphatic rings. The van der Waals surface area contributed by atoms with Gasteiger partial charge >= 0.3 is 6.09 Å². The van der Waals surface area contributed by atoms with Crippen molar-refractivity contribution in [2.45, 2.75) is 59.0 Å². The first-order chi connectivity index (χ1) is 13.3. The van der Waals surface area contributed by atoms with Gasteiger partial charge in [-0.3, -0.25) is 10.1 Å². The Balaban J connectivity index is 1.99. The van der Waals surface area contributed by atoms with Crippen LogP contribution in [0.2, 0.25) is 0 Å². The molecule has 29 heavy (non-hydrogen) atoms. The van der Waals surface area contributed by atoms with Crippen LogP contribution >= 0.6 is 0 Å². The zero-order valence-corrected chi connectivity index (χ0v) is 17.9. The second kappa shape index (κ2) is 8.55. The Bertz CT molecular complexity index is 875. The Labute approximate surface area is 172 Å². The molecule has 6 heteroatoms. The number of benzene rings is 2. The van der Waals surface area contributed by atoms with Crippen LogP contribution in [0.5, 0.6) is 5.75 Å². The summed E-state index contributed by atoms with van der Waals surface area (Å²) in [6.07, 6.45) is -0.386. The van der Waals surface area contributed by atoms with E-state index >= 15 is 0 Å². The van der Waals surface area contributed by atoms with E-state index in [9.17, 15) is 14.7 Å². The molecule has 2 aromatic carbocycles. The lowest BCUT2D eigenvalue weighted by Gasteiger charge is -2.20. The van der Waals surface area contributed by atoms with Crippen molar-refractivity contribution in [2.24, 2.45) is 0 Å². The van der Waals surface area contributed by atoms with Crippen molar-refractivity contribution in [2.75, 3.05) is 10.6 Å². The van der Waals surface area contributed by atoms with Crippen LogP contribution < -0.4 is 10.6 Å². The Hall–Kier alpha value is -3.02. The molecular formula is C23H30N2O4. The van der Waals surface area contributed by atoms with Crippen molar-refractivity contribution < 1.29 is 19.4 Å². The van der Waals surface area contributed by atoms with Crippen LogP contribution in [0.25, 0.3) is 0 Å². The van der Waals surface area contributed by atoms with Gasteiger partial charge in [-0.15, -0.1) is 0 Å². The van der Waals surface area contributed by atoms with Crippen LogP contribution in [0.3, 0.4) is 0 Å². The predicted molar refractivity (Wildman–Crippen MR) is 115 cm³/mol. The van der Waals surface area contributed by atoms with Crippen molar-refractivity contribution >= 4 is 23.4 Å². The van der Waals surface area contributed by atoms with Crippen LogP contribution in [0.1, 0.15) is 52.7 Å². The molecule has 156 valence electrons. The van der Waals surface area contributed by atoms with Gasteiger partial charge in [0.25, 0.3) is 0 Å². The summed E-state index contributed by atoms with van der Waals surface area (Å²) in [6, 6.07) is 12.2. The van der Waals surface area contributed by atoms with E-state index in [2.05, 4.69) is 31.4 Å². The van der Waals surface area contributed by atoms with E-state index in [1.807, 2.05) is 6.07 Å². The smallest absolute Gasteiger partial charge is 0.412 e. The first-order valence-corrected chi connectivity index (χ1v) is 9.56. The number of phenolic OH excluding ortho intramolecular Hbond substituents is 1. The molecule has 6 nitrogen and oxygen atoms in total. The van der Waals surface area contributed by atoms with Crippen LogP contribution in [0.4, 0.5) is 16.2 Å². The maximum absolute atomic E-state index is 12.4. The number of rotatable bonds is 4. The van der Waals surface area contributed by atoms with Crippen LogP contribution in [-0.4, -0.2) is 22.7 Å². The zero-order valence-electron chi connectivity index (χ0n) is 17.9. The quantitative estimate of drug-likeness (QED) is 0.616. The maximum atomic E-state index is 12.4. The van der Waals surface area contributed by atoms with Gasteiger partial charge < -0.3 is 15.2 Å². The van der Waals surface area contributed by atoms with Gasteiger partial charge in [0.2, 0.25) is 5.91 Å². The topological polar surface area (TPSA) is 87.7 Å². The van der Waals surface area contributed by atoms with Gasteiger partial charge in [0.1, 0.15) is 11.4 Å². The van der Waals surface area contributed by atoms with E-state index in [0.717, 1.165) is 11.1 Å². The molecule has 0 unspecified atom stereocenters. The van der Waals surface area contributed by atoms with Crippen molar-refractivity contribution in [1.29, 1.82) is 0 Å². The van der Waals surface area contributed by atoms with Gasteiger partial charge in [-0.1, -0.05) is 39.0 Å². The molecular weight excluding hydrogens is 368 g/mol. The summed E-state index contributed by atoms with van der Waals surface area (Å²) in [7, 11) is 0. The van der Waals surface area contributed by atoms with Gasteiger partial charge in [-0.25, -0.2) is 4.79 Å². The van der Waals surface area contributed by atoms with Crippen molar-refractivity contribution in [3.05, 3.63) is 53.6 Å². The fourth-order valence-electron chi connectivity index (χ4n) is 2.61. The number of hydrogen-bond donors (Lipinski definition) is 3. The molecule has 0 fully saturated rings. The molecule has 0 heterocycles. The molecule has 3 N–H and O–H groups in total. The highest BCUT2D eigenvalue weighted by molar-refractivity contribution is 5.94. The van der Waals surface area contributed by atoms with Crippen molar-refractivity contribution in [3.63, 3.8) is 0 Å². The first kappa shape index (κ1) is 22.3. The summed E-state index contributed by atoms with van der Waals surface area (Å²) in [5.41, 5.74) is 2.11. The molecule has 0 aliphatic carbocycles. The molecule has 0 aromatic heterocycles. The van der Waals surface area contributed by atoms with E-state index in [-0.39, 0.29) is 23.5 Å². The minimum Gasteiger partial charge on any atom is -0.506 e. The first-order valence-electron chi connectivity index (χ1n) is 9.56. The van der Waals surface area contributed by atoms with Crippen molar-refractivity contribution in [3.8, 4) is 5.75 Å². The second-order valence-electron chi connectivity index (χ2n) is 9.03. The molecule has 0 spiro atoms. The maximum Gasteiger partial charge on any atom is 0.412 e. The highest BCUT2D eigenvalue weighted by atomic mass is 16.6. The number of phenols is 1. The minimum atomic E-state index is -0.571. The third-order valence-corrected chi connectivity index (χ3v) is 4.10. The summed E-state index contributed by atoms with van der Waals surface area (Å²) in [6.45, 7) is 11.6. The number of carbonyl (C=O) groups is 2. The summed E-state index contributed by atoms with van der Waals surface area (Å²) in [5.74, 6) is -0.206. The molecule has 2 aromatic rings. The summed E-state index contributed by atoms with van der Waals surface area (Å²) in [4.78, 5) is 24.2. The second-order valence-corrected chi connectivity index (χ2v) is 9.03. The van der Waals surface area contributed by atoms with Crippen LogP contribution in [-0.2, 0) is 21.4 Å². The van der Waals surface area contributed by atoms with Gasteiger partial charge in [-0.2, -0.15) is 0 Å². The lowest BCUT2D eigenvalue weighted by atomic mass is 9.87. The van der Waals surface area contributed by atoms with E-state index in [1.54, 1.807) is 57.2 Å². The Morgan fingerprint density at radius 1 is 0.931 bits per heavy atom. The summed E-state index contributed by atoms with van der Waals surface area (Å²) >= 11 is 0. The molecule has 0 bridgehead atoms. The molecule has 2 rings (SSSR count). The van der Waals surface area contributed by atoms with E-state index < -0.39 is 11.7 Å². The SMILES string of the molecule is CC(C)(C)OC(=O)Nc1ccc(CC(=O)Nc2cc(C(C)(C)C)ccc2O)cc1. The third kappa shape index (κ3) is 7.14. The Morgan fingerprint density at radius 3 is 2.10 bits per heavy atom. The number of aromatic hydroxyl groups is 1. The molecule has 0 aliphatic heterocycles. The van der Waals surface area contributed by atoms with Gasteiger partial charge in [0, 0.05) is 5.69 Å². The van der Waals surface area contributed by atoms with Crippen LogP contribution in [0.15, 0.2) is 42.5 Å². The lowest BCUT2D eigenvalue weighted by molar-refractivity contribution is -0.115. The average molecular weight is 399 g/mol. The summed E-state index contributed by atoms with van der Waals surface area (Å²) < 4.78 is 5.21. The normalized spacial score (nSPS) is 11.7. The Kier molecular flexibility index (Phi) is 6.57. The monoisotopic (exact) mass is 398 g/mol. The average Bonchev–Trinajstić information content (AvgIpc) is 2.56. The lowest BCUT2D eigenvalue weighted by Crippen LogP contribution is -2.27. The number of amides is 2. The van der Waals surface area contributed by atoms with Gasteiger partial charge in [0.05, 0.1) is 12.1 Å². The fourth-order valence-corrected chi connectivity index (χ4v) is 2.61. The van der Waals surface area contributed by atoms with E-state index in [4.69, 9.17) is 4.74 Å². The molecule has 0 saturated carbocycles. The standard InChI is InChI=1S/C23H30N2O4/c1-22(2,3)16-9-12-19(26)18(14-16)25-20(27)13-15-7-10-17(11-8-15)24-21(28)29-23(4,5)6/h7-12,14,26H,13H2,1-6H3,(H,24,28)(H,25,27). The van der Waals surface area contributed by atoms with E-state index in [1.165, 1.54) is 0 Å². The Morgan fingerprint density at radius 2 is 1.55 bits per heavy atom. The number of nitrogens with one attached hydrogen (secondary N) is 2. The number of carbonyl (C=O) groups excluding carboxylic acids is 2. The molecule has 0 radical (unpaired) electrons. The molecule has 2 amide bonds. The van der Waals surface area contributed by atoms with Gasteiger partial charge in [0.15, 0.2) is 0 Å². The van der Waals surface area contributed by atoms with Crippen LogP contribution in [0, 0.1) is 0 Å². The third-order valence-electron chi connectivity index (χ3n) is 4.10. The number of ether oxygens (including phenoxy) is 1. The molecule has 0 saturated heterocycles. The number of anilines is 2. The zero-order chi connectivity index (χ0) is 21.8.